The maximum Gasteiger partial charge on any atom is 0.236 e. The van der Waals surface area contributed by atoms with Crippen molar-refractivity contribution in [2.24, 2.45) is 5.41 Å². The summed E-state index contributed by atoms with van der Waals surface area (Å²) in [6.07, 6.45) is 2.41. The average Bonchev–Trinajstić information content (AvgIpc) is 2.96. The molecule has 1 aliphatic carbocycles. The lowest BCUT2D eigenvalue weighted by molar-refractivity contribution is -0.123. The van der Waals surface area contributed by atoms with E-state index < -0.39 is 9.75 Å². The average molecular weight is 314 g/mol. The second kappa shape index (κ2) is 4.54. The van der Waals surface area contributed by atoms with Crippen molar-refractivity contribution in [3.63, 3.8) is 0 Å². The molecule has 1 amide bonds. The SMILES string of the molecule is COc1cccc2c1N(C(=O)C1(C)CC1(Cl)Cl)CCC2. The molecule has 0 aromatic heterocycles. The number of methoxy groups -OCH3 is 1. The van der Waals surface area contributed by atoms with E-state index >= 15 is 0 Å². The second-order valence-corrected chi connectivity index (χ2v) is 7.23. The summed E-state index contributed by atoms with van der Waals surface area (Å²) in [6, 6.07) is 5.88. The Morgan fingerprint density at radius 3 is 2.70 bits per heavy atom. The van der Waals surface area contributed by atoms with Crippen molar-refractivity contribution in [3.8, 4) is 5.75 Å². The van der Waals surface area contributed by atoms with Gasteiger partial charge < -0.3 is 9.64 Å². The van der Waals surface area contributed by atoms with Crippen LogP contribution in [0.3, 0.4) is 0 Å². The highest BCUT2D eigenvalue weighted by Crippen LogP contribution is 2.65. The highest BCUT2D eigenvalue weighted by molar-refractivity contribution is 6.53. The van der Waals surface area contributed by atoms with Gasteiger partial charge in [-0.1, -0.05) is 12.1 Å². The summed E-state index contributed by atoms with van der Waals surface area (Å²) in [4.78, 5) is 14.6. The van der Waals surface area contributed by atoms with Gasteiger partial charge in [-0.2, -0.15) is 0 Å². The summed E-state index contributed by atoms with van der Waals surface area (Å²) >= 11 is 12.3. The molecule has 3 rings (SSSR count). The zero-order valence-electron chi connectivity index (χ0n) is 11.6. The summed E-state index contributed by atoms with van der Waals surface area (Å²) in [5, 5.41) is 0. The van der Waals surface area contributed by atoms with E-state index in [1.807, 2.05) is 25.1 Å². The number of rotatable bonds is 2. The van der Waals surface area contributed by atoms with Crippen molar-refractivity contribution >= 4 is 34.8 Å². The molecule has 0 saturated heterocycles. The molecule has 108 valence electrons. The Labute approximate surface area is 128 Å². The highest BCUT2D eigenvalue weighted by Gasteiger charge is 2.69. The van der Waals surface area contributed by atoms with E-state index in [0.29, 0.717) is 13.0 Å². The molecule has 1 saturated carbocycles. The lowest BCUT2D eigenvalue weighted by Crippen LogP contribution is -2.41. The molecule has 1 aromatic carbocycles. The fourth-order valence-electron chi connectivity index (χ4n) is 2.91. The van der Waals surface area contributed by atoms with E-state index in [9.17, 15) is 4.79 Å². The summed E-state index contributed by atoms with van der Waals surface area (Å²) in [5.41, 5.74) is 1.33. The topological polar surface area (TPSA) is 29.5 Å². The number of aryl methyl sites for hydroxylation is 1. The normalized spacial score (nSPS) is 26.9. The van der Waals surface area contributed by atoms with Gasteiger partial charge in [-0.05, 0) is 37.8 Å². The summed E-state index contributed by atoms with van der Waals surface area (Å²) in [7, 11) is 1.62. The van der Waals surface area contributed by atoms with Crippen molar-refractivity contribution in [2.75, 3.05) is 18.6 Å². The second-order valence-electron chi connectivity index (χ2n) is 5.74. The first-order chi connectivity index (χ1) is 9.40. The standard InChI is InChI=1S/C15H17Cl2NO2/c1-14(9-15(14,16)17)13(19)18-8-4-6-10-5-3-7-11(20-2)12(10)18/h3,5,7H,4,6,8-9H2,1-2H3. The van der Waals surface area contributed by atoms with Gasteiger partial charge in [-0.3, -0.25) is 4.79 Å². The number of anilines is 1. The van der Waals surface area contributed by atoms with Crippen LogP contribution in [0.2, 0.25) is 0 Å². The van der Waals surface area contributed by atoms with E-state index in [1.54, 1.807) is 12.0 Å². The fourth-order valence-corrected chi connectivity index (χ4v) is 3.61. The van der Waals surface area contributed by atoms with E-state index in [1.165, 1.54) is 0 Å². The Morgan fingerprint density at radius 1 is 1.40 bits per heavy atom. The molecule has 0 bridgehead atoms. The number of fused-ring (bicyclic) bond motifs is 1. The molecule has 3 nitrogen and oxygen atoms in total. The minimum atomic E-state index is -0.941. The van der Waals surface area contributed by atoms with Gasteiger partial charge in [-0.15, -0.1) is 23.2 Å². The summed E-state index contributed by atoms with van der Waals surface area (Å²) in [5.74, 6) is 0.725. The molecule has 0 radical (unpaired) electrons. The van der Waals surface area contributed by atoms with Gasteiger partial charge in [0.1, 0.15) is 10.1 Å². The Bertz CT molecular complexity index is 559. The van der Waals surface area contributed by atoms with Gasteiger partial charge in [0, 0.05) is 6.54 Å². The van der Waals surface area contributed by atoms with Gasteiger partial charge in [0.25, 0.3) is 0 Å². The number of halogens is 2. The van der Waals surface area contributed by atoms with Crippen LogP contribution in [0.15, 0.2) is 18.2 Å². The molecule has 0 N–H and O–H groups in total. The Hall–Kier alpha value is -0.930. The Kier molecular flexibility index (Phi) is 3.18. The highest BCUT2D eigenvalue weighted by atomic mass is 35.5. The molecule has 1 atom stereocenters. The zero-order chi connectivity index (χ0) is 14.5. The van der Waals surface area contributed by atoms with Crippen molar-refractivity contribution in [3.05, 3.63) is 23.8 Å². The number of nitrogens with zero attached hydrogens (tertiary/aromatic N) is 1. The number of amides is 1. The molecule has 1 unspecified atom stereocenters. The predicted octanol–water partition coefficient (Wildman–Crippen LogP) is 3.56. The number of hydrogen-bond acceptors (Lipinski definition) is 2. The molecule has 1 heterocycles. The van der Waals surface area contributed by atoms with Crippen molar-refractivity contribution in [2.45, 2.75) is 30.5 Å². The molecule has 20 heavy (non-hydrogen) atoms. The number of benzene rings is 1. The number of ether oxygens (including phenoxy) is 1. The third-order valence-corrected chi connectivity index (χ3v) is 5.48. The van der Waals surface area contributed by atoms with Crippen LogP contribution in [0.5, 0.6) is 5.75 Å². The number of hydrogen-bond donors (Lipinski definition) is 0. The summed E-state index contributed by atoms with van der Waals surface area (Å²) < 4.78 is 4.48. The van der Waals surface area contributed by atoms with Gasteiger partial charge in [0.2, 0.25) is 5.91 Å². The van der Waals surface area contributed by atoms with Crippen molar-refractivity contribution in [1.29, 1.82) is 0 Å². The number of carbonyl (C=O) groups excluding carboxylic acids is 1. The molecule has 5 heteroatoms. The lowest BCUT2D eigenvalue weighted by atomic mass is 9.98. The fraction of sp³-hybridized carbons (Fsp3) is 0.533. The number of para-hydroxylation sites is 1. The minimum absolute atomic E-state index is 0.00653. The third-order valence-electron chi connectivity index (χ3n) is 4.38. The first-order valence-electron chi connectivity index (χ1n) is 6.76. The van der Waals surface area contributed by atoms with Crippen LogP contribution in [0.25, 0.3) is 0 Å². The molecule has 1 aliphatic heterocycles. The molecule has 2 aliphatic rings. The largest absolute Gasteiger partial charge is 0.495 e. The molecule has 1 fully saturated rings. The van der Waals surface area contributed by atoms with Crippen LogP contribution in [0.4, 0.5) is 5.69 Å². The molecule has 0 spiro atoms. The number of carbonyl (C=O) groups is 1. The van der Waals surface area contributed by atoms with Crippen LogP contribution in [0, 0.1) is 5.41 Å². The van der Waals surface area contributed by atoms with E-state index in [-0.39, 0.29) is 5.91 Å². The Balaban J connectivity index is 2.01. The van der Waals surface area contributed by atoms with E-state index in [2.05, 4.69) is 0 Å². The first kappa shape index (κ1) is 14.0. The Morgan fingerprint density at radius 2 is 2.10 bits per heavy atom. The first-order valence-corrected chi connectivity index (χ1v) is 7.52. The third kappa shape index (κ3) is 1.91. The smallest absolute Gasteiger partial charge is 0.236 e. The van der Waals surface area contributed by atoms with Crippen LogP contribution in [-0.4, -0.2) is 23.9 Å². The van der Waals surface area contributed by atoms with Crippen LogP contribution >= 0.6 is 23.2 Å². The van der Waals surface area contributed by atoms with E-state index in [0.717, 1.165) is 29.8 Å². The van der Waals surface area contributed by atoms with Crippen LogP contribution in [0.1, 0.15) is 25.3 Å². The van der Waals surface area contributed by atoms with Crippen LogP contribution in [-0.2, 0) is 11.2 Å². The zero-order valence-corrected chi connectivity index (χ0v) is 13.1. The maximum absolute atomic E-state index is 12.8. The van der Waals surface area contributed by atoms with Gasteiger partial charge in [0.15, 0.2) is 0 Å². The van der Waals surface area contributed by atoms with Crippen molar-refractivity contribution < 1.29 is 9.53 Å². The van der Waals surface area contributed by atoms with E-state index in [4.69, 9.17) is 27.9 Å². The molecular formula is C15H17Cl2NO2. The minimum Gasteiger partial charge on any atom is -0.495 e. The molecular weight excluding hydrogens is 297 g/mol. The number of alkyl halides is 2. The van der Waals surface area contributed by atoms with Gasteiger partial charge in [0.05, 0.1) is 18.2 Å². The quantitative estimate of drug-likeness (QED) is 0.781. The predicted molar refractivity (Wildman–Crippen MR) is 80.8 cm³/mol. The monoisotopic (exact) mass is 313 g/mol. The van der Waals surface area contributed by atoms with Crippen molar-refractivity contribution in [1.82, 2.24) is 0 Å². The van der Waals surface area contributed by atoms with Crippen LogP contribution < -0.4 is 9.64 Å². The van der Waals surface area contributed by atoms with Gasteiger partial charge >= 0.3 is 0 Å². The maximum atomic E-state index is 12.8. The van der Waals surface area contributed by atoms with Gasteiger partial charge in [-0.25, -0.2) is 0 Å². The summed E-state index contributed by atoms with van der Waals surface area (Å²) in [6.45, 7) is 2.52. The lowest BCUT2D eigenvalue weighted by Gasteiger charge is -2.33. The molecule has 1 aromatic rings.